The van der Waals surface area contributed by atoms with E-state index in [4.69, 9.17) is 9.15 Å². The number of hydrogen-bond acceptors (Lipinski definition) is 4. The highest BCUT2D eigenvalue weighted by Crippen LogP contribution is 2.17. The summed E-state index contributed by atoms with van der Waals surface area (Å²) in [6, 6.07) is 2.05. The first-order chi connectivity index (χ1) is 8.36. The molecule has 0 aliphatic carbocycles. The molecule has 1 rings (SSSR count). The van der Waals surface area contributed by atoms with Crippen molar-refractivity contribution in [1.29, 1.82) is 0 Å². The molecule has 1 aromatic heterocycles. The second kappa shape index (κ2) is 6.36. The fourth-order valence-corrected chi connectivity index (χ4v) is 1.53. The maximum atomic E-state index is 5.74. The molecule has 0 bridgehead atoms. The third-order valence-corrected chi connectivity index (χ3v) is 3.32. The highest BCUT2D eigenvalue weighted by atomic mass is 16.5. The van der Waals surface area contributed by atoms with Gasteiger partial charge in [0, 0.05) is 5.54 Å². The van der Waals surface area contributed by atoms with Gasteiger partial charge >= 0.3 is 0 Å². The molecule has 0 aliphatic heterocycles. The Balaban J connectivity index is 2.47. The molecule has 4 heteroatoms. The van der Waals surface area contributed by atoms with Gasteiger partial charge in [-0.05, 0) is 53.5 Å². The molecule has 1 aromatic rings. The topological polar surface area (TPSA) is 37.6 Å². The van der Waals surface area contributed by atoms with E-state index in [0.717, 1.165) is 18.1 Å². The molecule has 1 heterocycles. The molecule has 4 nitrogen and oxygen atoms in total. The van der Waals surface area contributed by atoms with Crippen LogP contribution in [-0.4, -0.2) is 38.2 Å². The highest BCUT2D eigenvalue weighted by molar-refractivity contribution is 5.19. The van der Waals surface area contributed by atoms with Crippen molar-refractivity contribution < 1.29 is 9.15 Å². The van der Waals surface area contributed by atoms with Crippen molar-refractivity contribution in [2.75, 3.05) is 27.7 Å². The van der Waals surface area contributed by atoms with Crippen LogP contribution >= 0.6 is 0 Å². The molecule has 0 unspecified atom stereocenters. The van der Waals surface area contributed by atoms with Gasteiger partial charge in [-0.2, -0.15) is 0 Å². The van der Waals surface area contributed by atoms with E-state index in [9.17, 15) is 0 Å². The summed E-state index contributed by atoms with van der Waals surface area (Å²) in [6.45, 7) is 8.35. The Kier molecular flexibility index (Phi) is 5.38. The molecule has 0 fully saturated rings. The van der Waals surface area contributed by atoms with E-state index in [0.29, 0.717) is 13.2 Å². The van der Waals surface area contributed by atoms with E-state index >= 15 is 0 Å². The minimum absolute atomic E-state index is 0.0371. The molecule has 0 saturated carbocycles. The number of likely N-dealkylation sites (N-methyl/N-ethyl adjacent to an activating group) is 1. The molecule has 0 saturated heterocycles. The first-order valence-corrected chi connectivity index (χ1v) is 6.35. The van der Waals surface area contributed by atoms with Crippen LogP contribution in [0.2, 0.25) is 0 Å². The Morgan fingerprint density at radius 3 is 2.61 bits per heavy atom. The highest BCUT2D eigenvalue weighted by Gasteiger charge is 2.20. The molecule has 0 atom stereocenters. The van der Waals surface area contributed by atoms with Gasteiger partial charge in [-0.25, -0.2) is 0 Å². The summed E-state index contributed by atoms with van der Waals surface area (Å²) in [4.78, 5) is 2.16. The number of nitrogens with one attached hydrogen (secondary N) is 1. The van der Waals surface area contributed by atoms with Gasteiger partial charge in [-0.15, -0.1) is 0 Å². The van der Waals surface area contributed by atoms with E-state index in [2.05, 4.69) is 51.1 Å². The molecule has 0 radical (unpaired) electrons. The summed E-state index contributed by atoms with van der Waals surface area (Å²) in [6.07, 6.45) is 0. The average Bonchev–Trinajstić information content (AvgIpc) is 2.59. The Morgan fingerprint density at radius 1 is 1.39 bits per heavy atom. The molecule has 0 spiro atoms. The number of hydrogen-bond donors (Lipinski definition) is 1. The van der Waals surface area contributed by atoms with E-state index in [1.165, 1.54) is 5.56 Å². The Labute approximate surface area is 110 Å². The maximum Gasteiger partial charge on any atom is 0.130 e. The van der Waals surface area contributed by atoms with Gasteiger partial charge in [-0.1, -0.05) is 0 Å². The summed E-state index contributed by atoms with van der Waals surface area (Å²) in [7, 11) is 6.04. The first kappa shape index (κ1) is 15.2. The Bertz CT molecular complexity index is 370. The van der Waals surface area contributed by atoms with Crippen molar-refractivity contribution in [3.63, 3.8) is 0 Å². The smallest absolute Gasteiger partial charge is 0.130 e. The molecular formula is C14H26N2O2. The van der Waals surface area contributed by atoms with Gasteiger partial charge in [0.05, 0.1) is 13.2 Å². The standard InChI is InChI=1S/C14H26N2O2/c1-11-7-12(18-13(11)8-15-4)9-17-10-14(2,3)16(5)6/h7,15H,8-10H2,1-6H3. The van der Waals surface area contributed by atoms with Gasteiger partial charge < -0.3 is 19.4 Å². The molecular weight excluding hydrogens is 228 g/mol. The van der Waals surface area contributed by atoms with Crippen molar-refractivity contribution in [3.05, 3.63) is 23.2 Å². The number of furan rings is 1. The zero-order valence-electron chi connectivity index (χ0n) is 12.5. The molecule has 0 aromatic carbocycles. The third-order valence-electron chi connectivity index (χ3n) is 3.32. The van der Waals surface area contributed by atoms with E-state index in [1.54, 1.807) is 0 Å². The maximum absolute atomic E-state index is 5.74. The minimum Gasteiger partial charge on any atom is -0.462 e. The van der Waals surface area contributed by atoms with Crippen LogP contribution in [0.15, 0.2) is 10.5 Å². The molecule has 0 amide bonds. The van der Waals surface area contributed by atoms with Gasteiger partial charge in [0.2, 0.25) is 0 Å². The fourth-order valence-electron chi connectivity index (χ4n) is 1.53. The van der Waals surface area contributed by atoms with Crippen LogP contribution in [0, 0.1) is 6.92 Å². The lowest BCUT2D eigenvalue weighted by Crippen LogP contribution is -2.42. The van der Waals surface area contributed by atoms with Crippen LogP contribution < -0.4 is 5.32 Å². The quantitative estimate of drug-likeness (QED) is 0.809. The molecule has 18 heavy (non-hydrogen) atoms. The molecule has 1 N–H and O–H groups in total. The predicted octanol–water partition coefficient (Wildman–Crippen LogP) is 2.16. The zero-order chi connectivity index (χ0) is 13.8. The van der Waals surface area contributed by atoms with Crippen LogP contribution in [0.25, 0.3) is 0 Å². The zero-order valence-corrected chi connectivity index (χ0v) is 12.5. The lowest BCUT2D eigenvalue weighted by molar-refractivity contribution is 0.0206. The van der Waals surface area contributed by atoms with Gasteiger partial charge in [0.1, 0.15) is 18.1 Å². The Hall–Kier alpha value is -0.840. The average molecular weight is 254 g/mol. The van der Waals surface area contributed by atoms with E-state index in [-0.39, 0.29) is 5.54 Å². The second-order valence-electron chi connectivity index (χ2n) is 5.55. The SMILES string of the molecule is CNCc1oc(COCC(C)(C)N(C)C)cc1C. The molecule has 104 valence electrons. The van der Waals surface area contributed by atoms with Crippen molar-refractivity contribution in [2.24, 2.45) is 0 Å². The molecule has 0 aliphatic rings. The van der Waals surface area contributed by atoms with E-state index in [1.807, 2.05) is 7.05 Å². The van der Waals surface area contributed by atoms with Crippen LogP contribution in [0.1, 0.15) is 30.9 Å². The number of nitrogens with zero attached hydrogens (tertiary/aromatic N) is 1. The third kappa shape index (κ3) is 4.12. The van der Waals surface area contributed by atoms with Crippen molar-refractivity contribution >= 4 is 0 Å². The summed E-state index contributed by atoms with van der Waals surface area (Å²) in [5.74, 6) is 1.88. The van der Waals surface area contributed by atoms with Crippen LogP contribution in [-0.2, 0) is 17.9 Å². The van der Waals surface area contributed by atoms with Gasteiger partial charge in [0.15, 0.2) is 0 Å². The minimum atomic E-state index is 0.0371. The number of rotatable bonds is 7. The first-order valence-electron chi connectivity index (χ1n) is 6.35. The summed E-state index contributed by atoms with van der Waals surface area (Å²) in [5, 5.41) is 3.09. The van der Waals surface area contributed by atoms with Crippen LogP contribution in [0.4, 0.5) is 0 Å². The summed E-state index contributed by atoms with van der Waals surface area (Å²) >= 11 is 0. The van der Waals surface area contributed by atoms with Crippen molar-refractivity contribution in [2.45, 2.75) is 39.5 Å². The van der Waals surface area contributed by atoms with Crippen LogP contribution in [0.5, 0.6) is 0 Å². The Morgan fingerprint density at radius 2 is 2.06 bits per heavy atom. The number of aryl methyl sites for hydroxylation is 1. The predicted molar refractivity (Wildman–Crippen MR) is 73.6 cm³/mol. The number of ether oxygens (including phenoxy) is 1. The lowest BCUT2D eigenvalue weighted by atomic mass is 10.1. The fraction of sp³-hybridized carbons (Fsp3) is 0.714. The van der Waals surface area contributed by atoms with Crippen molar-refractivity contribution in [1.82, 2.24) is 10.2 Å². The largest absolute Gasteiger partial charge is 0.462 e. The van der Waals surface area contributed by atoms with Crippen molar-refractivity contribution in [3.8, 4) is 0 Å². The lowest BCUT2D eigenvalue weighted by Gasteiger charge is -2.31. The summed E-state index contributed by atoms with van der Waals surface area (Å²) in [5.41, 5.74) is 1.21. The van der Waals surface area contributed by atoms with Gasteiger partial charge in [-0.3, -0.25) is 0 Å². The summed E-state index contributed by atoms with van der Waals surface area (Å²) < 4.78 is 11.5. The normalized spacial score (nSPS) is 12.4. The monoisotopic (exact) mass is 254 g/mol. The van der Waals surface area contributed by atoms with Crippen LogP contribution in [0.3, 0.4) is 0 Å². The van der Waals surface area contributed by atoms with Gasteiger partial charge in [0.25, 0.3) is 0 Å². The van der Waals surface area contributed by atoms with E-state index < -0.39 is 0 Å². The second-order valence-corrected chi connectivity index (χ2v) is 5.55.